The van der Waals surface area contributed by atoms with Crippen LogP contribution in [-0.4, -0.2) is 36.4 Å². The van der Waals surface area contributed by atoms with E-state index in [1.165, 1.54) is 19.3 Å². The number of anilines is 1. The Morgan fingerprint density at radius 1 is 1.27 bits per heavy atom. The highest BCUT2D eigenvalue weighted by Crippen LogP contribution is 2.39. The highest BCUT2D eigenvalue weighted by Gasteiger charge is 2.34. The van der Waals surface area contributed by atoms with E-state index in [0.29, 0.717) is 5.69 Å². The average Bonchev–Trinajstić information content (AvgIpc) is 3.00. The Morgan fingerprint density at radius 3 is 2.57 bits per heavy atom. The summed E-state index contributed by atoms with van der Waals surface area (Å²) in [7, 11) is 1.25. The molecule has 0 aromatic heterocycles. The summed E-state index contributed by atoms with van der Waals surface area (Å²) >= 11 is 0. The molecule has 3 rings (SSSR count). The number of nitrogens with two attached hydrogens (primary N) is 1. The maximum absolute atomic E-state index is 12.7. The molecule has 0 spiro atoms. The number of nitro benzene ring substituents is 1. The summed E-state index contributed by atoms with van der Waals surface area (Å²) in [6, 6.07) is 10.9. The zero-order valence-corrected chi connectivity index (χ0v) is 15.7. The molecule has 154 valence electrons. The van der Waals surface area contributed by atoms with Crippen molar-refractivity contribution in [2.24, 2.45) is 5.73 Å². The van der Waals surface area contributed by atoms with E-state index in [1.54, 1.807) is 30.3 Å². The van der Waals surface area contributed by atoms with E-state index in [2.05, 4.69) is 5.43 Å². The number of carbonyl (C=O) groups excluding carboxylic acids is 3. The van der Waals surface area contributed by atoms with Crippen molar-refractivity contribution in [1.29, 1.82) is 0 Å². The van der Waals surface area contributed by atoms with Crippen LogP contribution >= 0.6 is 0 Å². The molecule has 2 aromatic carbocycles. The Hall–Kier alpha value is -4.41. The highest BCUT2D eigenvalue weighted by molar-refractivity contribution is 6.31. The van der Waals surface area contributed by atoms with E-state index in [0.717, 1.165) is 11.1 Å². The first kappa shape index (κ1) is 20.3. The summed E-state index contributed by atoms with van der Waals surface area (Å²) in [5, 5.41) is 12.5. The lowest BCUT2D eigenvalue weighted by Crippen LogP contribution is -2.35. The lowest BCUT2D eigenvalue weighted by atomic mass is 10.1. The Labute approximate surface area is 169 Å². The van der Waals surface area contributed by atoms with E-state index in [9.17, 15) is 24.5 Å². The van der Waals surface area contributed by atoms with Crippen LogP contribution in [0.2, 0.25) is 0 Å². The first-order valence-corrected chi connectivity index (χ1v) is 8.51. The van der Waals surface area contributed by atoms with Crippen LogP contribution in [0, 0.1) is 10.1 Å². The standard InChI is InChI=1S/C19H16N4O7/c1-29-15-9-11(8-14(23(27)28)17(15)30-10-16(20)24)7-13-18(25)21-22(19(13)26)12-5-3-2-4-6-12/h2-9H,10H2,1H3,(H2,20,24)(H,21,25)/b13-7-. The van der Waals surface area contributed by atoms with Gasteiger partial charge in [0, 0.05) is 6.07 Å². The molecule has 1 heterocycles. The third-order valence-electron chi connectivity index (χ3n) is 4.05. The molecule has 11 heteroatoms. The fourth-order valence-electron chi connectivity index (χ4n) is 2.75. The minimum absolute atomic E-state index is 0.0666. The predicted molar refractivity (Wildman–Crippen MR) is 104 cm³/mol. The van der Waals surface area contributed by atoms with E-state index < -0.39 is 34.9 Å². The quantitative estimate of drug-likeness (QED) is 0.297. The molecular formula is C19H16N4O7. The molecular weight excluding hydrogens is 396 g/mol. The second-order valence-corrected chi connectivity index (χ2v) is 6.06. The number of ether oxygens (including phenoxy) is 2. The average molecular weight is 412 g/mol. The van der Waals surface area contributed by atoms with Crippen molar-refractivity contribution in [2.75, 3.05) is 18.7 Å². The normalized spacial score (nSPS) is 14.6. The van der Waals surface area contributed by atoms with Gasteiger partial charge in [0.05, 0.1) is 17.7 Å². The zero-order valence-electron chi connectivity index (χ0n) is 15.7. The second kappa shape index (κ2) is 8.31. The van der Waals surface area contributed by atoms with Gasteiger partial charge in [0.1, 0.15) is 5.57 Å². The minimum Gasteiger partial charge on any atom is -0.493 e. The van der Waals surface area contributed by atoms with Crippen molar-refractivity contribution in [1.82, 2.24) is 5.43 Å². The number of hydrogen-bond donors (Lipinski definition) is 2. The van der Waals surface area contributed by atoms with Gasteiger partial charge in [-0.3, -0.25) is 29.9 Å². The Kier molecular flexibility index (Phi) is 5.63. The highest BCUT2D eigenvalue weighted by atomic mass is 16.6. The van der Waals surface area contributed by atoms with Crippen molar-refractivity contribution in [3.63, 3.8) is 0 Å². The van der Waals surface area contributed by atoms with Crippen LogP contribution in [0.4, 0.5) is 11.4 Å². The largest absolute Gasteiger partial charge is 0.493 e. The summed E-state index contributed by atoms with van der Waals surface area (Å²) in [5.74, 6) is -2.48. The molecule has 0 saturated carbocycles. The number of hydrogen-bond acceptors (Lipinski definition) is 7. The topological polar surface area (TPSA) is 154 Å². The van der Waals surface area contributed by atoms with E-state index in [-0.39, 0.29) is 22.6 Å². The van der Waals surface area contributed by atoms with Gasteiger partial charge in [-0.2, -0.15) is 0 Å². The molecule has 1 aliphatic rings. The molecule has 0 aliphatic carbocycles. The SMILES string of the molecule is COc1cc(/C=C2/C(=O)NN(c3ccccc3)C2=O)cc([N+](=O)[O-])c1OCC(N)=O. The third kappa shape index (κ3) is 4.04. The summed E-state index contributed by atoms with van der Waals surface area (Å²) in [4.78, 5) is 46.7. The van der Waals surface area contributed by atoms with Crippen molar-refractivity contribution >= 4 is 35.2 Å². The zero-order chi connectivity index (χ0) is 21.8. The molecule has 0 atom stereocenters. The van der Waals surface area contributed by atoms with E-state index >= 15 is 0 Å². The molecule has 11 nitrogen and oxygen atoms in total. The van der Waals surface area contributed by atoms with Crippen LogP contribution in [-0.2, 0) is 14.4 Å². The molecule has 1 saturated heterocycles. The van der Waals surface area contributed by atoms with Crippen molar-refractivity contribution < 1.29 is 28.8 Å². The number of nitro groups is 1. The van der Waals surface area contributed by atoms with Crippen molar-refractivity contribution in [2.45, 2.75) is 0 Å². The number of nitrogens with zero attached hydrogens (tertiary/aromatic N) is 2. The van der Waals surface area contributed by atoms with Crippen LogP contribution in [0.25, 0.3) is 6.08 Å². The summed E-state index contributed by atoms with van der Waals surface area (Å²) in [5.41, 5.74) is 7.32. The van der Waals surface area contributed by atoms with Gasteiger partial charge in [-0.1, -0.05) is 18.2 Å². The molecule has 0 radical (unpaired) electrons. The number of primary amides is 1. The van der Waals surface area contributed by atoms with E-state index in [1.807, 2.05) is 0 Å². The van der Waals surface area contributed by atoms with Gasteiger partial charge in [-0.25, -0.2) is 5.01 Å². The fraction of sp³-hybridized carbons (Fsp3) is 0.105. The number of rotatable bonds is 7. The molecule has 3 N–H and O–H groups in total. The monoisotopic (exact) mass is 412 g/mol. The van der Waals surface area contributed by atoms with Crippen LogP contribution < -0.4 is 25.6 Å². The van der Waals surface area contributed by atoms with Gasteiger partial charge in [-0.15, -0.1) is 0 Å². The van der Waals surface area contributed by atoms with Gasteiger partial charge in [0.15, 0.2) is 12.4 Å². The maximum atomic E-state index is 12.7. The van der Waals surface area contributed by atoms with Gasteiger partial charge in [0.25, 0.3) is 17.7 Å². The van der Waals surface area contributed by atoms with Gasteiger partial charge in [-0.05, 0) is 29.8 Å². The van der Waals surface area contributed by atoms with E-state index in [4.69, 9.17) is 15.2 Å². The first-order chi connectivity index (χ1) is 14.3. The lowest BCUT2D eigenvalue weighted by Gasteiger charge is -2.14. The lowest BCUT2D eigenvalue weighted by molar-refractivity contribution is -0.385. The number of para-hydroxylation sites is 1. The van der Waals surface area contributed by atoms with Crippen LogP contribution in [0.3, 0.4) is 0 Å². The van der Waals surface area contributed by atoms with Crippen molar-refractivity contribution in [3.8, 4) is 11.5 Å². The smallest absolute Gasteiger partial charge is 0.315 e. The molecule has 1 fully saturated rings. The number of carbonyl (C=O) groups is 3. The molecule has 2 aromatic rings. The molecule has 0 bridgehead atoms. The number of nitrogens with one attached hydrogen (secondary N) is 1. The minimum atomic E-state index is -0.827. The Balaban J connectivity index is 2.01. The van der Waals surface area contributed by atoms with Crippen LogP contribution in [0.5, 0.6) is 11.5 Å². The molecule has 3 amide bonds. The molecule has 1 aliphatic heterocycles. The van der Waals surface area contributed by atoms with Crippen LogP contribution in [0.15, 0.2) is 48.0 Å². The third-order valence-corrected chi connectivity index (χ3v) is 4.05. The second-order valence-electron chi connectivity index (χ2n) is 6.06. The summed E-state index contributed by atoms with van der Waals surface area (Å²) in [6.45, 7) is -0.593. The fourth-order valence-corrected chi connectivity index (χ4v) is 2.75. The Bertz CT molecular complexity index is 1070. The van der Waals surface area contributed by atoms with Gasteiger partial charge in [0.2, 0.25) is 5.75 Å². The number of hydrazine groups is 1. The van der Waals surface area contributed by atoms with Gasteiger partial charge >= 0.3 is 5.69 Å². The number of amides is 3. The first-order valence-electron chi connectivity index (χ1n) is 8.51. The van der Waals surface area contributed by atoms with Gasteiger partial charge < -0.3 is 15.2 Å². The summed E-state index contributed by atoms with van der Waals surface area (Å²) < 4.78 is 10.2. The Morgan fingerprint density at radius 2 is 1.97 bits per heavy atom. The predicted octanol–water partition coefficient (Wildman–Crippen LogP) is 0.929. The number of methoxy groups -OCH3 is 1. The maximum Gasteiger partial charge on any atom is 0.315 e. The van der Waals surface area contributed by atoms with Crippen molar-refractivity contribution in [3.05, 3.63) is 63.7 Å². The molecule has 0 unspecified atom stereocenters. The van der Waals surface area contributed by atoms with Crippen LogP contribution in [0.1, 0.15) is 5.56 Å². The summed E-state index contributed by atoms with van der Waals surface area (Å²) in [6.07, 6.45) is 1.20. The number of benzene rings is 2. The molecule has 30 heavy (non-hydrogen) atoms.